The Hall–Kier alpha value is -0.520. The Kier molecular flexibility index (Phi) is 4.27. The minimum Gasteiger partial charge on any atom is -0.395 e. The monoisotopic (exact) mass is 248 g/mol. The fraction of sp³-hybridized carbons (Fsp3) is 0.375. The van der Waals surface area contributed by atoms with Crippen LogP contribution in [0.1, 0.15) is 5.56 Å². The molecule has 0 aliphatic carbocycles. The van der Waals surface area contributed by atoms with Crippen molar-refractivity contribution in [1.82, 2.24) is 10.3 Å². The van der Waals surface area contributed by atoms with Crippen LogP contribution in [0.15, 0.2) is 16.7 Å². The molecule has 0 saturated carbocycles. The first-order valence-electron chi connectivity index (χ1n) is 3.85. The van der Waals surface area contributed by atoms with Gasteiger partial charge < -0.3 is 10.4 Å². The lowest BCUT2D eigenvalue weighted by Crippen LogP contribution is -2.18. The molecule has 13 heavy (non-hydrogen) atoms. The standard InChI is InChI=1S/C8H10BrFN2O/c9-7-3-6(4-11-1-2-13)8(10)12-5-7/h3,5,11,13H,1-2,4H2. The van der Waals surface area contributed by atoms with Gasteiger partial charge in [0.1, 0.15) is 0 Å². The van der Waals surface area contributed by atoms with Crippen LogP contribution in [0.2, 0.25) is 0 Å². The zero-order valence-electron chi connectivity index (χ0n) is 6.93. The van der Waals surface area contributed by atoms with E-state index in [9.17, 15) is 4.39 Å². The van der Waals surface area contributed by atoms with Gasteiger partial charge in [0, 0.05) is 29.3 Å². The lowest BCUT2D eigenvalue weighted by molar-refractivity contribution is 0.291. The van der Waals surface area contributed by atoms with Gasteiger partial charge in [0.25, 0.3) is 0 Å². The molecule has 0 aromatic carbocycles. The Balaban J connectivity index is 2.59. The number of rotatable bonds is 4. The van der Waals surface area contributed by atoms with Crippen LogP contribution >= 0.6 is 15.9 Å². The van der Waals surface area contributed by atoms with E-state index in [0.717, 1.165) is 4.47 Å². The number of halogens is 2. The predicted octanol–water partition coefficient (Wildman–Crippen LogP) is 1.07. The minimum atomic E-state index is -0.478. The number of aromatic nitrogens is 1. The van der Waals surface area contributed by atoms with Crippen molar-refractivity contribution in [2.45, 2.75) is 6.54 Å². The van der Waals surface area contributed by atoms with Crippen molar-refractivity contribution < 1.29 is 9.50 Å². The van der Waals surface area contributed by atoms with Crippen LogP contribution < -0.4 is 5.32 Å². The maximum Gasteiger partial charge on any atom is 0.217 e. The van der Waals surface area contributed by atoms with Crippen LogP contribution in [0.25, 0.3) is 0 Å². The zero-order chi connectivity index (χ0) is 9.68. The first-order valence-corrected chi connectivity index (χ1v) is 4.65. The molecule has 2 N–H and O–H groups in total. The molecule has 0 saturated heterocycles. The van der Waals surface area contributed by atoms with Crippen molar-refractivity contribution in [3.05, 3.63) is 28.2 Å². The van der Waals surface area contributed by atoms with E-state index in [-0.39, 0.29) is 6.61 Å². The Bertz CT molecular complexity index is 283. The van der Waals surface area contributed by atoms with E-state index in [0.29, 0.717) is 18.7 Å². The Morgan fingerprint density at radius 2 is 2.38 bits per heavy atom. The maximum atomic E-state index is 13.0. The minimum absolute atomic E-state index is 0.0447. The molecule has 1 rings (SSSR count). The summed E-state index contributed by atoms with van der Waals surface area (Å²) in [6.07, 6.45) is 1.41. The van der Waals surface area contributed by atoms with Crippen molar-refractivity contribution in [3.63, 3.8) is 0 Å². The Morgan fingerprint density at radius 3 is 3.08 bits per heavy atom. The lowest BCUT2D eigenvalue weighted by atomic mass is 10.3. The number of hydrogen-bond donors (Lipinski definition) is 2. The van der Waals surface area contributed by atoms with Gasteiger partial charge in [-0.15, -0.1) is 0 Å². The summed E-state index contributed by atoms with van der Waals surface area (Å²) in [6.45, 7) is 0.869. The zero-order valence-corrected chi connectivity index (χ0v) is 8.51. The summed E-state index contributed by atoms with van der Waals surface area (Å²) < 4.78 is 13.7. The summed E-state index contributed by atoms with van der Waals surface area (Å²) in [5.41, 5.74) is 0.489. The predicted molar refractivity (Wildman–Crippen MR) is 50.7 cm³/mol. The smallest absolute Gasteiger partial charge is 0.217 e. The summed E-state index contributed by atoms with van der Waals surface area (Å²) in [6, 6.07) is 1.66. The third-order valence-electron chi connectivity index (χ3n) is 1.48. The molecule has 5 heteroatoms. The molecular weight excluding hydrogens is 239 g/mol. The topological polar surface area (TPSA) is 45.1 Å². The van der Waals surface area contributed by atoms with E-state index in [1.165, 1.54) is 6.20 Å². The molecule has 0 bridgehead atoms. The van der Waals surface area contributed by atoms with Crippen molar-refractivity contribution in [3.8, 4) is 0 Å². The van der Waals surface area contributed by atoms with Gasteiger partial charge in [-0.1, -0.05) is 0 Å². The maximum absolute atomic E-state index is 13.0. The molecule has 0 atom stereocenters. The molecule has 0 radical (unpaired) electrons. The Morgan fingerprint density at radius 1 is 1.62 bits per heavy atom. The van der Waals surface area contributed by atoms with E-state index < -0.39 is 5.95 Å². The molecule has 1 heterocycles. The fourth-order valence-electron chi connectivity index (χ4n) is 0.891. The molecule has 72 valence electrons. The van der Waals surface area contributed by atoms with Gasteiger partial charge in [0.15, 0.2) is 0 Å². The first kappa shape index (κ1) is 10.6. The second kappa shape index (κ2) is 5.26. The Labute approximate surface area is 84.1 Å². The highest BCUT2D eigenvalue weighted by Crippen LogP contribution is 2.12. The van der Waals surface area contributed by atoms with Gasteiger partial charge in [-0.2, -0.15) is 4.39 Å². The number of nitrogens with one attached hydrogen (secondary N) is 1. The number of hydrogen-bond acceptors (Lipinski definition) is 3. The van der Waals surface area contributed by atoms with Crippen LogP contribution in [-0.4, -0.2) is 23.2 Å². The average molecular weight is 249 g/mol. The second-order valence-electron chi connectivity index (χ2n) is 2.50. The van der Waals surface area contributed by atoms with E-state index in [4.69, 9.17) is 5.11 Å². The highest BCUT2D eigenvalue weighted by Gasteiger charge is 2.02. The number of pyridine rings is 1. The molecule has 0 aliphatic rings. The molecule has 0 spiro atoms. The number of aliphatic hydroxyl groups excluding tert-OH is 1. The van der Waals surface area contributed by atoms with Gasteiger partial charge >= 0.3 is 0 Å². The largest absolute Gasteiger partial charge is 0.395 e. The van der Waals surface area contributed by atoms with E-state index in [1.807, 2.05) is 0 Å². The van der Waals surface area contributed by atoms with Crippen molar-refractivity contribution in [1.29, 1.82) is 0 Å². The number of aliphatic hydroxyl groups is 1. The van der Waals surface area contributed by atoms with E-state index >= 15 is 0 Å². The third kappa shape index (κ3) is 3.38. The van der Waals surface area contributed by atoms with Crippen LogP contribution in [0.3, 0.4) is 0 Å². The van der Waals surface area contributed by atoms with E-state index in [1.54, 1.807) is 6.07 Å². The van der Waals surface area contributed by atoms with Crippen molar-refractivity contribution in [2.75, 3.05) is 13.2 Å². The summed E-state index contributed by atoms with van der Waals surface area (Å²) in [5, 5.41) is 11.4. The molecule has 3 nitrogen and oxygen atoms in total. The molecule has 0 amide bonds. The summed E-state index contributed by atoms with van der Waals surface area (Å²) >= 11 is 3.20. The van der Waals surface area contributed by atoms with Gasteiger partial charge in [0.2, 0.25) is 5.95 Å². The second-order valence-corrected chi connectivity index (χ2v) is 3.42. The third-order valence-corrected chi connectivity index (χ3v) is 1.92. The highest BCUT2D eigenvalue weighted by molar-refractivity contribution is 9.10. The molecular formula is C8H10BrFN2O. The summed E-state index contributed by atoms with van der Waals surface area (Å²) in [7, 11) is 0. The highest BCUT2D eigenvalue weighted by atomic mass is 79.9. The van der Waals surface area contributed by atoms with Crippen LogP contribution in [0.5, 0.6) is 0 Å². The lowest BCUT2D eigenvalue weighted by Gasteiger charge is -2.03. The molecule has 0 aliphatic heterocycles. The van der Waals surface area contributed by atoms with Crippen LogP contribution in [0.4, 0.5) is 4.39 Å². The van der Waals surface area contributed by atoms with Crippen molar-refractivity contribution in [2.24, 2.45) is 0 Å². The quantitative estimate of drug-likeness (QED) is 0.619. The van der Waals surface area contributed by atoms with Gasteiger partial charge in [0.05, 0.1) is 6.61 Å². The van der Waals surface area contributed by atoms with Crippen LogP contribution in [0, 0.1) is 5.95 Å². The first-order chi connectivity index (χ1) is 6.24. The van der Waals surface area contributed by atoms with Gasteiger partial charge in [-0.05, 0) is 22.0 Å². The molecule has 0 unspecified atom stereocenters. The molecule has 1 aromatic rings. The molecule has 1 aromatic heterocycles. The van der Waals surface area contributed by atoms with Gasteiger partial charge in [-0.25, -0.2) is 4.98 Å². The summed E-state index contributed by atoms with van der Waals surface area (Å²) in [5.74, 6) is -0.478. The van der Waals surface area contributed by atoms with E-state index in [2.05, 4.69) is 26.2 Å². The fourth-order valence-corrected chi connectivity index (χ4v) is 1.27. The number of nitrogens with zero attached hydrogens (tertiary/aromatic N) is 1. The molecule has 0 fully saturated rings. The van der Waals surface area contributed by atoms with Gasteiger partial charge in [-0.3, -0.25) is 0 Å². The average Bonchev–Trinajstić information content (AvgIpc) is 2.11. The SMILES string of the molecule is OCCNCc1cc(Br)cnc1F. The van der Waals surface area contributed by atoms with Crippen LogP contribution in [-0.2, 0) is 6.54 Å². The van der Waals surface area contributed by atoms with Crippen molar-refractivity contribution >= 4 is 15.9 Å². The summed E-state index contributed by atoms with van der Waals surface area (Å²) in [4.78, 5) is 3.54. The normalized spacial score (nSPS) is 10.4.